The second-order valence-corrected chi connectivity index (χ2v) is 5.76. The Hall–Kier alpha value is -0.950. The van der Waals surface area contributed by atoms with Crippen molar-refractivity contribution in [3.05, 3.63) is 29.8 Å². The van der Waals surface area contributed by atoms with Crippen molar-refractivity contribution in [3.63, 3.8) is 0 Å². The Balaban J connectivity index is 3.00. The number of benzene rings is 1. The number of rotatable bonds is 7. The Labute approximate surface area is 108 Å². The van der Waals surface area contributed by atoms with Gasteiger partial charge in [-0.25, -0.2) is 13.1 Å². The van der Waals surface area contributed by atoms with Gasteiger partial charge in [0.05, 0.1) is 11.5 Å². The molecule has 3 N–H and O–H groups in total. The van der Waals surface area contributed by atoms with Crippen LogP contribution >= 0.6 is 0 Å². The first kappa shape index (κ1) is 15.1. The van der Waals surface area contributed by atoms with Crippen molar-refractivity contribution in [3.8, 4) is 0 Å². The Morgan fingerprint density at radius 2 is 2.06 bits per heavy atom. The Morgan fingerprint density at radius 3 is 2.67 bits per heavy atom. The fourth-order valence-electron chi connectivity index (χ4n) is 1.76. The molecule has 0 amide bonds. The zero-order valence-electron chi connectivity index (χ0n) is 10.7. The Bertz CT molecular complexity index is 474. The first-order valence-corrected chi connectivity index (χ1v) is 7.31. The second kappa shape index (κ2) is 6.84. The molecule has 5 nitrogen and oxygen atoms in total. The summed E-state index contributed by atoms with van der Waals surface area (Å²) in [5, 5.41) is 0. The molecule has 0 aliphatic carbocycles. The van der Waals surface area contributed by atoms with Gasteiger partial charge in [-0.1, -0.05) is 25.1 Å². The van der Waals surface area contributed by atoms with Crippen LogP contribution in [-0.2, 0) is 21.2 Å². The highest BCUT2D eigenvalue weighted by Crippen LogP contribution is 2.16. The summed E-state index contributed by atoms with van der Waals surface area (Å²) in [5.74, 6) is 0. The van der Waals surface area contributed by atoms with Gasteiger partial charge in [0.15, 0.2) is 0 Å². The van der Waals surface area contributed by atoms with E-state index in [0.717, 1.165) is 0 Å². The van der Waals surface area contributed by atoms with E-state index in [9.17, 15) is 8.42 Å². The number of sulfonamides is 1. The lowest BCUT2D eigenvalue weighted by molar-refractivity contribution is 0.180. The first-order chi connectivity index (χ1) is 8.51. The zero-order valence-corrected chi connectivity index (χ0v) is 11.5. The molecule has 1 rings (SSSR count). The maximum atomic E-state index is 12.0. The lowest BCUT2D eigenvalue weighted by atomic mass is 10.1. The van der Waals surface area contributed by atoms with E-state index in [-0.39, 0.29) is 6.04 Å². The summed E-state index contributed by atoms with van der Waals surface area (Å²) >= 11 is 0. The number of ether oxygens (including phenoxy) is 1. The van der Waals surface area contributed by atoms with Crippen LogP contribution in [0.3, 0.4) is 0 Å². The number of nitrogens with one attached hydrogen (secondary N) is 1. The van der Waals surface area contributed by atoms with E-state index in [1.807, 2.05) is 0 Å². The van der Waals surface area contributed by atoms with Crippen molar-refractivity contribution in [1.29, 1.82) is 0 Å². The molecule has 1 aromatic carbocycles. The van der Waals surface area contributed by atoms with Gasteiger partial charge in [0.1, 0.15) is 0 Å². The fraction of sp³-hybridized carbons (Fsp3) is 0.500. The minimum Gasteiger partial charge on any atom is -0.383 e. The average molecular weight is 272 g/mol. The highest BCUT2D eigenvalue weighted by atomic mass is 32.2. The predicted octanol–water partition coefficient (Wildman–Crippen LogP) is 0.501. The molecule has 0 aliphatic heterocycles. The lowest BCUT2D eigenvalue weighted by Crippen LogP contribution is -2.30. The normalized spacial score (nSPS) is 13.5. The number of methoxy groups -OCH3 is 1. The standard InChI is InChI=1S/C12H20N2O3S/c1-3-14-18(15,16)12-7-5-4-6-10(12)8-11(13)9-17-2/h4-7,11,14H,3,8-9,13H2,1-2H3. The number of hydrogen-bond donors (Lipinski definition) is 2. The van der Waals surface area contributed by atoms with E-state index in [1.165, 1.54) is 0 Å². The quantitative estimate of drug-likeness (QED) is 0.757. The zero-order chi connectivity index (χ0) is 13.6. The van der Waals surface area contributed by atoms with Gasteiger partial charge in [-0.05, 0) is 18.1 Å². The monoisotopic (exact) mass is 272 g/mol. The summed E-state index contributed by atoms with van der Waals surface area (Å²) in [6.45, 7) is 2.51. The lowest BCUT2D eigenvalue weighted by Gasteiger charge is -2.14. The highest BCUT2D eigenvalue weighted by Gasteiger charge is 2.18. The largest absolute Gasteiger partial charge is 0.383 e. The van der Waals surface area contributed by atoms with Crippen molar-refractivity contribution in [2.75, 3.05) is 20.3 Å². The van der Waals surface area contributed by atoms with Gasteiger partial charge in [-0.3, -0.25) is 0 Å². The summed E-state index contributed by atoms with van der Waals surface area (Å²) in [7, 11) is -1.88. The van der Waals surface area contributed by atoms with Crippen molar-refractivity contribution < 1.29 is 13.2 Å². The van der Waals surface area contributed by atoms with E-state index in [2.05, 4.69) is 4.72 Å². The summed E-state index contributed by atoms with van der Waals surface area (Å²) < 4.78 is 31.5. The van der Waals surface area contributed by atoms with Crippen LogP contribution in [0.5, 0.6) is 0 Å². The van der Waals surface area contributed by atoms with Gasteiger partial charge < -0.3 is 10.5 Å². The first-order valence-electron chi connectivity index (χ1n) is 5.83. The van der Waals surface area contributed by atoms with Gasteiger partial charge in [-0.15, -0.1) is 0 Å². The van der Waals surface area contributed by atoms with Crippen LogP contribution in [0.2, 0.25) is 0 Å². The molecule has 1 atom stereocenters. The SMILES string of the molecule is CCNS(=O)(=O)c1ccccc1CC(N)COC. The van der Waals surface area contributed by atoms with Crippen molar-refractivity contribution in [1.82, 2.24) is 4.72 Å². The van der Waals surface area contributed by atoms with Gasteiger partial charge in [0.25, 0.3) is 0 Å². The molecule has 0 spiro atoms. The number of hydrogen-bond acceptors (Lipinski definition) is 4. The molecular formula is C12H20N2O3S. The van der Waals surface area contributed by atoms with Crippen LogP contribution in [-0.4, -0.2) is 34.7 Å². The van der Waals surface area contributed by atoms with Crippen molar-refractivity contribution in [2.24, 2.45) is 5.73 Å². The Kier molecular flexibility index (Phi) is 5.74. The van der Waals surface area contributed by atoms with Crippen molar-refractivity contribution >= 4 is 10.0 Å². The molecule has 0 aromatic heterocycles. The smallest absolute Gasteiger partial charge is 0.240 e. The van der Waals surface area contributed by atoms with E-state index in [0.29, 0.717) is 30.0 Å². The summed E-state index contributed by atoms with van der Waals surface area (Å²) in [5.41, 5.74) is 6.57. The molecule has 0 saturated carbocycles. The summed E-state index contributed by atoms with van der Waals surface area (Å²) in [6.07, 6.45) is 0.467. The summed E-state index contributed by atoms with van der Waals surface area (Å²) in [6, 6.07) is 6.66. The van der Waals surface area contributed by atoms with Gasteiger partial charge in [0.2, 0.25) is 10.0 Å². The molecule has 0 aliphatic rings. The minimum absolute atomic E-state index is 0.215. The Morgan fingerprint density at radius 1 is 1.39 bits per heavy atom. The highest BCUT2D eigenvalue weighted by molar-refractivity contribution is 7.89. The molecule has 0 saturated heterocycles. The number of nitrogens with two attached hydrogens (primary N) is 1. The molecule has 6 heteroatoms. The van der Waals surface area contributed by atoms with Crippen LogP contribution in [0.1, 0.15) is 12.5 Å². The maximum absolute atomic E-state index is 12.0. The summed E-state index contributed by atoms with van der Waals surface area (Å²) in [4.78, 5) is 0.290. The third-order valence-electron chi connectivity index (χ3n) is 2.46. The van der Waals surface area contributed by atoms with Crippen LogP contribution < -0.4 is 10.5 Å². The molecule has 0 fully saturated rings. The average Bonchev–Trinajstić information content (AvgIpc) is 2.29. The molecule has 0 radical (unpaired) electrons. The molecule has 0 heterocycles. The molecule has 18 heavy (non-hydrogen) atoms. The molecule has 1 unspecified atom stereocenters. The maximum Gasteiger partial charge on any atom is 0.240 e. The minimum atomic E-state index is -3.45. The third-order valence-corrected chi connectivity index (χ3v) is 4.11. The van der Waals surface area contributed by atoms with Gasteiger partial charge in [0, 0.05) is 19.7 Å². The van der Waals surface area contributed by atoms with E-state index < -0.39 is 10.0 Å². The van der Waals surface area contributed by atoms with Crippen LogP contribution in [0, 0.1) is 0 Å². The van der Waals surface area contributed by atoms with Gasteiger partial charge >= 0.3 is 0 Å². The molecule has 1 aromatic rings. The fourth-order valence-corrected chi connectivity index (χ4v) is 3.05. The molecule has 0 bridgehead atoms. The van der Waals surface area contributed by atoms with E-state index in [1.54, 1.807) is 38.3 Å². The van der Waals surface area contributed by atoms with E-state index >= 15 is 0 Å². The predicted molar refractivity (Wildman–Crippen MR) is 70.9 cm³/mol. The molecule has 102 valence electrons. The molecular weight excluding hydrogens is 252 g/mol. The van der Waals surface area contributed by atoms with Crippen LogP contribution in [0.15, 0.2) is 29.2 Å². The van der Waals surface area contributed by atoms with Crippen molar-refractivity contribution in [2.45, 2.75) is 24.3 Å². The topological polar surface area (TPSA) is 81.4 Å². The van der Waals surface area contributed by atoms with E-state index in [4.69, 9.17) is 10.5 Å². The van der Waals surface area contributed by atoms with Crippen LogP contribution in [0.25, 0.3) is 0 Å². The second-order valence-electron chi connectivity index (χ2n) is 4.03. The van der Waals surface area contributed by atoms with Crippen LogP contribution in [0.4, 0.5) is 0 Å². The third kappa shape index (κ3) is 4.06. The van der Waals surface area contributed by atoms with Gasteiger partial charge in [-0.2, -0.15) is 0 Å².